The Morgan fingerprint density at radius 3 is 2.46 bits per heavy atom. The van der Waals surface area contributed by atoms with Crippen LogP contribution < -0.4 is 5.32 Å². The van der Waals surface area contributed by atoms with Gasteiger partial charge in [-0.3, -0.25) is 4.79 Å². The monoisotopic (exact) mass is 385 g/mol. The third kappa shape index (κ3) is 3.16. The molecule has 4 aliphatic rings. The van der Waals surface area contributed by atoms with Crippen LogP contribution in [0.25, 0.3) is 0 Å². The first kappa shape index (κ1) is 17.3. The fourth-order valence-corrected chi connectivity index (χ4v) is 6.01. The zero-order valence-corrected chi connectivity index (χ0v) is 15.5. The lowest BCUT2D eigenvalue weighted by Gasteiger charge is -2.56. The van der Waals surface area contributed by atoms with Crippen molar-refractivity contribution in [3.8, 4) is 0 Å². The zero-order valence-electron chi connectivity index (χ0n) is 15.5. The molecule has 1 N–H and O–H groups in total. The molecule has 0 aliphatic heterocycles. The molecule has 2 aromatic heterocycles. The summed E-state index contributed by atoms with van der Waals surface area (Å²) in [6.45, 7) is 0.889. The summed E-state index contributed by atoms with van der Waals surface area (Å²) in [6, 6.07) is 1.65. The molecule has 4 saturated carbocycles. The van der Waals surface area contributed by atoms with Crippen LogP contribution in [0.15, 0.2) is 18.6 Å². The summed E-state index contributed by atoms with van der Waals surface area (Å²) >= 11 is 0. The van der Waals surface area contributed by atoms with Gasteiger partial charge in [-0.1, -0.05) is 4.98 Å². The molecule has 2 heterocycles. The Hall–Kier alpha value is -2.78. The maximum Gasteiger partial charge on any atom is 0.491 e. The van der Waals surface area contributed by atoms with Crippen LogP contribution >= 0.6 is 0 Å². The molecule has 28 heavy (non-hydrogen) atoms. The van der Waals surface area contributed by atoms with Gasteiger partial charge < -0.3 is 15.4 Å². The van der Waals surface area contributed by atoms with E-state index in [-0.39, 0.29) is 18.0 Å². The number of amides is 1. The van der Waals surface area contributed by atoms with Crippen LogP contribution in [0.4, 0.5) is 5.95 Å². The average molecular weight is 385 g/mol. The van der Waals surface area contributed by atoms with Crippen molar-refractivity contribution in [2.45, 2.75) is 45.2 Å². The third-order valence-corrected chi connectivity index (χ3v) is 6.64. The molecule has 10 nitrogen and oxygen atoms in total. The van der Waals surface area contributed by atoms with E-state index >= 15 is 0 Å². The highest BCUT2D eigenvalue weighted by atomic mass is 16.6. The second kappa shape index (κ2) is 6.39. The number of nitrogens with one attached hydrogen (secondary N) is 1. The van der Waals surface area contributed by atoms with Crippen molar-refractivity contribution in [2.75, 3.05) is 6.54 Å². The molecular formula is C18H23N7O3. The van der Waals surface area contributed by atoms with Gasteiger partial charge in [0, 0.05) is 17.8 Å². The fourth-order valence-electron chi connectivity index (χ4n) is 6.01. The van der Waals surface area contributed by atoms with Gasteiger partial charge in [0.2, 0.25) is 6.33 Å². The number of nitrogens with zero attached hydrogens (tertiary/aromatic N) is 6. The van der Waals surface area contributed by atoms with Gasteiger partial charge in [-0.25, -0.2) is 4.68 Å². The molecule has 1 amide bonds. The third-order valence-electron chi connectivity index (χ3n) is 6.64. The number of rotatable bonds is 6. The highest BCUT2D eigenvalue weighted by Gasteiger charge is 2.50. The van der Waals surface area contributed by atoms with E-state index in [1.165, 1.54) is 54.2 Å². The van der Waals surface area contributed by atoms with Crippen LogP contribution in [0.1, 0.15) is 49.0 Å². The van der Waals surface area contributed by atoms with Gasteiger partial charge in [-0.05, 0) is 72.7 Å². The van der Waals surface area contributed by atoms with Crippen LogP contribution in [0.3, 0.4) is 0 Å². The lowest BCUT2D eigenvalue weighted by Crippen LogP contribution is -2.51. The molecule has 0 aromatic carbocycles. The first-order valence-corrected chi connectivity index (χ1v) is 9.83. The Bertz CT molecular complexity index is 883. The summed E-state index contributed by atoms with van der Waals surface area (Å²) in [5.74, 6) is 1.94. The number of carbonyl (C=O) groups excluding carboxylic acids is 1. The Kier molecular flexibility index (Phi) is 3.95. The Labute approximate surface area is 161 Å². The molecule has 0 spiro atoms. The Morgan fingerprint density at radius 2 is 1.86 bits per heavy atom. The zero-order chi connectivity index (χ0) is 19.3. The number of nitro groups is 1. The Balaban J connectivity index is 1.20. The average Bonchev–Trinajstić information content (AvgIpc) is 3.29. The molecule has 4 aliphatic carbocycles. The first-order chi connectivity index (χ1) is 13.5. The smallest absolute Gasteiger partial charge is 0.390 e. The largest absolute Gasteiger partial charge is 0.491 e. The van der Waals surface area contributed by atoms with Crippen molar-refractivity contribution in [1.82, 2.24) is 29.9 Å². The van der Waals surface area contributed by atoms with Gasteiger partial charge in [0.1, 0.15) is 5.69 Å². The summed E-state index contributed by atoms with van der Waals surface area (Å²) in [7, 11) is 0. The van der Waals surface area contributed by atoms with Gasteiger partial charge in [-0.15, -0.1) is 0 Å². The first-order valence-electron chi connectivity index (χ1n) is 9.83. The van der Waals surface area contributed by atoms with E-state index < -0.39 is 10.9 Å². The predicted octanol–water partition coefficient (Wildman–Crippen LogP) is 1.83. The van der Waals surface area contributed by atoms with Crippen LogP contribution in [0, 0.1) is 33.3 Å². The summed E-state index contributed by atoms with van der Waals surface area (Å²) in [6.07, 6.45) is 10.8. The van der Waals surface area contributed by atoms with Crippen molar-refractivity contribution in [1.29, 1.82) is 0 Å². The van der Waals surface area contributed by atoms with Crippen molar-refractivity contribution < 1.29 is 9.72 Å². The lowest BCUT2D eigenvalue weighted by atomic mass is 9.49. The number of aromatic nitrogens is 5. The second-order valence-electron chi connectivity index (χ2n) is 8.82. The van der Waals surface area contributed by atoms with Gasteiger partial charge >= 0.3 is 5.95 Å². The summed E-state index contributed by atoms with van der Waals surface area (Å²) in [5.41, 5.74) is 0.631. The van der Waals surface area contributed by atoms with E-state index in [9.17, 15) is 14.9 Å². The minimum Gasteiger partial charge on any atom is -0.390 e. The van der Waals surface area contributed by atoms with Gasteiger partial charge in [-0.2, -0.15) is 9.78 Å². The summed E-state index contributed by atoms with van der Waals surface area (Å²) < 4.78 is 2.82. The molecule has 0 saturated heterocycles. The van der Waals surface area contributed by atoms with E-state index in [1.807, 2.05) is 0 Å². The standard InChI is InChI=1S/C18H23N7O3/c26-16(19-9-18-6-12-3-13(7-18)5-14(4-12)8-18)15-1-2-23(21-15)11-24-10-20-17(22-24)25(27)28/h1-2,10,12-14H,3-9,11H2,(H,19,26). The molecule has 0 atom stereocenters. The predicted molar refractivity (Wildman–Crippen MR) is 97.2 cm³/mol. The maximum atomic E-state index is 12.6. The summed E-state index contributed by atoms with van der Waals surface area (Å²) in [5, 5.41) is 21.8. The van der Waals surface area contributed by atoms with Crippen molar-refractivity contribution in [3.05, 3.63) is 34.4 Å². The highest BCUT2D eigenvalue weighted by Crippen LogP contribution is 2.59. The lowest BCUT2D eigenvalue weighted by molar-refractivity contribution is -0.394. The van der Waals surface area contributed by atoms with E-state index in [4.69, 9.17) is 0 Å². The van der Waals surface area contributed by atoms with Gasteiger partial charge in [0.25, 0.3) is 5.91 Å². The van der Waals surface area contributed by atoms with Crippen LogP contribution in [0.2, 0.25) is 0 Å². The molecule has 10 heteroatoms. The van der Waals surface area contributed by atoms with E-state index in [2.05, 4.69) is 20.5 Å². The second-order valence-corrected chi connectivity index (χ2v) is 8.82. The minimum absolute atomic E-state index is 0.156. The Morgan fingerprint density at radius 1 is 1.18 bits per heavy atom. The van der Waals surface area contributed by atoms with Crippen molar-refractivity contribution >= 4 is 11.9 Å². The molecule has 4 fully saturated rings. The van der Waals surface area contributed by atoms with E-state index in [1.54, 1.807) is 12.3 Å². The van der Waals surface area contributed by atoms with Gasteiger partial charge in [0.05, 0.1) is 0 Å². The molecule has 6 rings (SSSR count). The van der Waals surface area contributed by atoms with E-state index in [0.717, 1.165) is 24.3 Å². The van der Waals surface area contributed by atoms with Gasteiger partial charge in [0.15, 0.2) is 6.67 Å². The fraction of sp³-hybridized carbons (Fsp3) is 0.667. The van der Waals surface area contributed by atoms with Crippen LogP contribution in [0.5, 0.6) is 0 Å². The van der Waals surface area contributed by atoms with Crippen LogP contribution in [-0.4, -0.2) is 41.9 Å². The van der Waals surface area contributed by atoms with E-state index in [0.29, 0.717) is 5.69 Å². The minimum atomic E-state index is -0.650. The molecule has 4 bridgehead atoms. The molecular weight excluding hydrogens is 362 g/mol. The number of hydrogen-bond donors (Lipinski definition) is 1. The summed E-state index contributed by atoms with van der Waals surface area (Å²) in [4.78, 5) is 26.2. The number of hydrogen-bond acceptors (Lipinski definition) is 6. The topological polar surface area (TPSA) is 121 Å². The quantitative estimate of drug-likeness (QED) is 0.598. The molecule has 148 valence electrons. The highest BCUT2D eigenvalue weighted by molar-refractivity contribution is 5.92. The molecule has 2 aromatic rings. The number of carbonyl (C=O) groups is 1. The van der Waals surface area contributed by atoms with Crippen molar-refractivity contribution in [3.63, 3.8) is 0 Å². The maximum absolute atomic E-state index is 12.6. The van der Waals surface area contributed by atoms with Crippen molar-refractivity contribution in [2.24, 2.45) is 23.2 Å². The normalized spacial score (nSPS) is 30.5. The SMILES string of the molecule is O=C(NCC12CC3CC(CC(C3)C1)C2)c1ccn(Cn2cnc([N+](=O)[O-])n2)n1. The molecule has 0 radical (unpaired) electrons. The van der Waals surface area contributed by atoms with Crippen LogP contribution in [-0.2, 0) is 6.67 Å². The molecule has 0 unspecified atom stereocenters.